The fourth-order valence-corrected chi connectivity index (χ4v) is 2.26. The first kappa shape index (κ1) is 13.0. The van der Waals surface area contributed by atoms with E-state index in [2.05, 4.69) is 34.0 Å². The molecule has 1 atom stereocenters. The summed E-state index contributed by atoms with van der Waals surface area (Å²) in [6.45, 7) is 3.10. The highest BCUT2D eigenvalue weighted by molar-refractivity contribution is 7.03. The molecular formula is C13H17N3OS. The zero-order valence-electron chi connectivity index (χ0n) is 10.6. The lowest BCUT2D eigenvalue weighted by molar-refractivity contribution is 0.414. The van der Waals surface area contributed by atoms with Crippen LogP contribution in [0.2, 0.25) is 0 Å². The van der Waals surface area contributed by atoms with Crippen LogP contribution in [-0.2, 0) is 0 Å². The van der Waals surface area contributed by atoms with Gasteiger partial charge in [0.15, 0.2) is 0 Å². The molecule has 2 aromatic rings. The zero-order chi connectivity index (χ0) is 12.8. The Morgan fingerprint density at radius 3 is 2.67 bits per heavy atom. The quantitative estimate of drug-likeness (QED) is 0.870. The molecule has 0 spiro atoms. The van der Waals surface area contributed by atoms with Gasteiger partial charge < -0.3 is 10.1 Å². The maximum atomic E-state index is 5.17. The van der Waals surface area contributed by atoms with E-state index in [1.165, 1.54) is 17.1 Å². The van der Waals surface area contributed by atoms with Gasteiger partial charge in [-0.1, -0.05) is 23.5 Å². The summed E-state index contributed by atoms with van der Waals surface area (Å²) in [6.07, 6.45) is 1.09. The highest BCUT2D eigenvalue weighted by Gasteiger charge is 2.15. The van der Waals surface area contributed by atoms with Crippen molar-refractivity contribution in [3.05, 3.63) is 40.9 Å². The summed E-state index contributed by atoms with van der Waals surface area (Å²) in [5.74, 6) is 0.865. The highest BCUT2D eigenvalue weighted by Crippen LogP contribution is 2.23. The molecule has 0 saturated heterocycles. The lowest BCUT2D eigenvalue weighted by Gasteiger charge is -2.16. The standard InChI is InChI=1S/C13H17N3OS/c1-3-8-14-13(12-9-18-16-15-12)10-4-6-11(17-2)7-5-10/h4-7,9,13-14H,3,8H2,1-2H3. The molecule has 0 bridgehead atoms. The van der Waals surface area contributed by atoms with Gasteiger partial charge in [0.05, 0.1) is 18.8 Å². The van der Waals surface area contributed by atoms with Crippen molar-refractivity contribution in [3.63, 3.8) is 0 Å². The summed E-state index contributed by atoms with van der Waals surface area (Å²) in [5, 5.41) is 9.64. The Morgan fingerprint density at radius 2 is 2.11 bits per heavy atom. The third-order valence-corrected chi connectivity index (χ3v) is 3.24. The second kappa shape index (κ2) is 6.47. The van der Waals surface area contributed by atoms with Gasteiger partial charge in [-0.05, 0) is 42.2 Å². The lowest BCUT2D eigenvalue weighted by Crippen LogP contribution is -2.23. The topological polar surface area (TPSA) is 47.0 Å². The van der Waals surface area contributed by atoms with E-state index in [-0.39, 0.29) is 6.04 Å². The van der Waals surface area contributed by atoms with Gasteiger partial charge in [-0.15, -0.1) is 5.10 Å². The number of ether oxygens (including phenoxy) is 1. The third-order valence-electron chi connectivity index (χ3n) is 2.72. The number of nitrogens with one attached hydrogen (secondary N) is 1. The van der Waals surface area contributed by atoms with E-state index in [4.69, 9.17) is 4.74 Å². The molecule has 1 N–H and O–H groups in total. The average Bonchev–Trinajstić information content (AvgIpc) is 2.94. The Morgan fingerprint density at radius 1 is 1.33 bits per heavy atom. The van der Waals surface area contributed by atoms with Crippen LogP contribution >= 0.6 is 11.5 Å². The van der Waals surface area contributed by atoms with Crippen molar-refractivity contribution in [3.8, 4) is 5.75 Å². The predicted octanol–water partition coefficient (Wildman–Crippen LogP) is 2.64. The van der Waals surface area contributed by atoms with Crippen LogP contribution in [0.25, 0.3) is 0 Å². The van der Waals surface area contributed by atoms with Gasteiger partial charge in [0.2, 0.25) is 0 Å². The van der Waals surface area contributed by atoms with Crippen LogP contribution in [0, 0.1) is 0 Å². The first-order valence-corrected chi connectivity index (χ1v) is 6.83. The minimum Gasteiger partial charge on any atom is -0.497 e. The molecule has 0 aliphatic carbocycles. The number of rotatable bonds is 6. The smallest absolute Gasteiger partial charge is 0.118 e. The minimum atomic E-state index is 0.106. The summed E-state index contributed by atoms with van der Waals surface area (Å²) in [6, 6.07) is 8.16. The Bertz CT molecular complexity index is 456. The van der Waals surface area contributed by atoms with E-state index in [1.54, 1.807) is 7.11 Å². The molecule has 1 unspecified atom stereocenters. The van der Waals surface area contributed by atoms with Crippen LogP contribution in [-0.4, -0.2) is 23.2 Å². The van der Waals surface area contributed by atoms with Crippen LogP contribution in [0.3, 0.4) is 0 Å². The van der Waals surface area contributed by atoms with E-state index in [0.29, 0.717) is 0 Å². The Kier molecular flexibility index (Phi) is 4.66. The van der Waals surface area contributed by atoms with Crippen molar-refractivity contribution < 1.29 is 4.74 Å². The zero-order valence-corrected chi connectivity index (χ0v) is 11.4. The number of nitrogens with zero attached hydrogens (tertiary/aromatic N) is 2. The molecule has 0 radical (unpaired) electrons. The number of methoxy groups -OCH3 is 1. The number of benzene rings is 1. The predicted molar refractivity (Wildman–Crippen MR) is 73.0 cm³/mol. The summed E-state index contributed by atoms with van der Waals surface area (Å²) in [4.78, 5) is 0. The second-order valence-corrected chi connectivity index (χ2v) is 4.60. The highest BCUT2D eigenvalue weighted by atomic mass is 32.1. The van der Waals surface area contributed by atoms with Gasteiger partial charge in [0, 0.05) is 5.38 Å². The maximum absolute atomic E-state index is 5.17. The van der Waals surface area contributed by atoms with Crippen molar-refractivity contribution in [1.29, 1.82) is 0 Å². The van der Waals surface area contributed by atoms with Crippen molar-refractivity contribution in [2.45, 2.75) is 19.4 Å². The molecule has 1 heterocycles. The van der Waals surface area contributed by atoms with Crippen LogP contribution in [0.15, 0.2) is 29.6 Å². The molecule has 96 valence electrons. The number of hydrogen-bond acceptors (Lipinski definition) is 5. The van der Waals surface area contributed by atoms with Gasteiger partial charge in [-0.2, -0.15) is 0 Å². The Balaban J connectivity index is 2.21. The van der Waals surface area contributed by atoms with E-state index in [0.717, 1.165) is 24.4 Å². The first-order chi connectivity index (χ1) is 8.85. The largest absolute Gasteiger partial charge is 0.497 e. The van der Waals surface area contributed by atoms with Gasteiger partial charge in [-0.25, -0.2) is 0 Å². The molecule has 0 saturated carbocycles. The van der Waals surface area contributed by atoms with E-state index in [9.17, 15) is 0 Å². The molecule has 18 heavy (non-hydrogen) atoms. The van der Waals surface area contributed by atoms with Crippen molar-refractivity contribution in [2.24, 2.45) is 0 Å². The van der Waals surface area contributed by atoms with Crippen LogP contribution in [0.4, 0.5) is 0 Å². The van der Waals surface area contributed by atoms with Crippen LogP contribution in [0.1, 0.15) is 30.6 Å². The maximum Gasteiger partial charge on any atom is 0.118 e. The molecule has 0 aliphatic heterocycles. The Hall–Kier alpha value is -1.46. The van der Waals surface area contributed by atoms with E-state index in [1.807, 2.05) is 17.5 Å². The van der Waals surface area contributed by atoms with Gasteiger partial charge >= 0.3 is 0 Å². The van der Waals surface area contributed by atoms with Crippen molar-refractivity contribution in [1.82, 2.24) is 14.9 Å². The molecule has 4 nitrogen and oxygen atoms in total. The minimum absolute atomic E-state index is 0.106. The summed E-state index contributed by atoms with van der Waals surface area (Å²) in [7, 11) is 1.67. The van der Waals surface area contributed by atoms with Crippen molar-refractivity contribution in [2.75, 3.05) is 13.7 Å². The molecule has 5 heteroatoms. The first-order valence-electron chi connectivity index (χ1n) is 5.99. The summed E-state index contributed by atoms with van der Waals surface area (Å²) >= 11 is 1.38. The molecular weight excluding hydrogens is 246 g/mol. The second-order valence-electron chi connectivity index (χ2n) is 3.99. The average molecular weight is 263 g/mol. The van der Waals surface area contributed by atoms with E-state index >= 15 is 0 Å². The number of hydrogen-bond donors (Lipinski definition) is 1. The fourth-order valence-electron chi connectivity index (χ4n) is 1.78. The van der Waals surface area contributed by atoms with Gasteiger partial charge in [0.25, 0.3) is 0 Å². The summed E-state index contributed by atoms with van der Waals surface area (Å²) < 4.78 is 9.11. The van der Waals surface area contributed by atoms with Crippen molar-refractivity contribution >= 4 is 11.5 Å². The molecule has 1 aromatic carbocycles. The lowest BCUT2D eigenvalue weighted by atomic mass is 10.0. The van der Waals surface area contributed by atoms with E-state index < -0.39 is 0 Å². The summed E-state index contributed by atoms with van der Waals surface area (Å²) in [5.41, 5.74) is 2.15. The Labute approximate surface area is 111 Å². The van der Waals surface area contributed by atoms with Gasteiger partial charge in [-0.3, -0.25) is 0 Å². The number of aromatic nitrogens is 2. The monoisotopic (exact) mass is 263 g/mol. The van der Waals surface area contributed by atoms with Gasteiger partial charge in [0.1, 0.15) is 5.75 Å². The molecule has 0 amide bonds. The SMILES string of the molecule is CCCNC(c1ccc(OC)cc1)c1csnn1. The molecule has 1 aromatic heterocycles. The van der Waals surface area contributed by atoms with Crippen LogP contribution in [0.5, 0.6) is 5.75 Å². The third kappa shape index (κ3) is 3.05. The van der Waals surface area contributed by atoms with Crippen LogP contribution < -0.4 is 10.1 Å². The molecule has 2 rings (SSSR count). The molecule has 0 aliphatic rings. The fraction of sp³-hybridized carbons (Fsp3) is 0.385. The normalized spacial score (nSPS) is 12.3. The molecule has 0 fully saturated rings.